The average Bonchev–Trinajstić information content (AvgIpc) is 3.19. The Morgan fingerprint density at radius 1 is 1.23 bits per heavy atom. The molecule has 9 nitrogen and oxygen atoms in total. The van der Waals surface area contributed by atoms with Crippen LogP contribution in [0.25, 0.3) is 0 Å². The Bertz CT molecular complexity index is 1090. The lowest BCUT2D eigenvalue weighted by Gasteiger charge is -2.08. The molecule has 0 saturated carbocycles. The molecule has 0 unspecified atom stereocenters. The molecule has 1 heterocycles. The summed E-state index contributed by atoms with van der Waals surface area (Å²) >= 11 is 5.69. The quantitative estimate of drug-likeness (QED) is 0.419. The fraction of sp³-hybridized carbons (Fsp3) is 0.158. The number of carbonyl (C=O) groups excluding carboxylic acids is 1. The van der Waals surface area contributed by atoms with Crippen LogP contribution in [0.4, 0.5) is 15.8 Å². The zero-order chi connectivity index (χ0) is 21.7. The average molecular weight is 435 g/mol. The minimum Gasteiger partial charge on any atom is -0.494 e. The first kappa shape index (κ1) is 21.1. The number of amides is 1. The van der Waals surface area contributed by atoms with Crippen molar-refractivity contribution >= 4 is 28.9 Å². The molecule has 156 valence electrons. The van der Waals surface area contributed by atoms with Crippen molar-refractivity contribution in [2.24, 2.45) is 0 Å². The van der Waals surface area contributed by atoms with E-state index in [2.05, 4.69) is 10.4 Å². The number of nitrogens with zero attached hydrogens (tertiary/aromatic N) is 3. The standard InChI is InChI=1S/C19H16ClFN4O5/c1-2-29-13-4-6-16(18(10-13)25(27)28)22-19(26)17-7-8-24(23-17)11-30-12-3-5-15(21)14(20)9-12/h3-10H,2,11H2,1H3,(H,22,26). The van der Waals surface area contributed by atoms with E-state index in [1.807, 2.05) is 0 Å². The third-order valence-corrected chi connectivity index (χ3v) is 4.14. The molecule has 1 N–H and O–H groups in total. The maximum absolute atomic E-state index is 13.2. The van der Waals surface area contributed by atoms with Gasteiger partial charge in [0.05, 0.1) is 22.6 Å². The van der Waals surface area contributed by atoms with Crippen LogP contribution in [0.5, 0.6) is 11.5 Å². The van der Waals surface area contributed by atoms with Crippen LogP contribution in [0.15, 0.2) is 48.7 Å². The first-order valence-electron chi connectivity index (χ1n) is 8.71. The molecule has 30 heavy (non-hydrogen) atoms. The summed E-state index contributed by atoms with van der Waals surface area (Å²) in [5, 5.41) is 17.7. The van der Waals surface area contributed by atoms with E-state index < -0.39 is 16.6 Å². The van der Waals surface area contributed by atoms with Crippen molar-refractivity contribution < 1.29 is 23.6 Å². The lowest BCUT2D eigenvalue weighted by atomic mass is 10.2. The van der Waals surface area contributed by atoms with Gasteiger partial charge in [-0.15, -0.1) is 0 Å². The van der Waals surface area contributed by atoms with Crippen molar-refractivity contribution in [1.82, 2.24) is 9.78 Å². The molecule has 2 aromatic carbocycles. The number of ether oxygens (including phenoxy) is 2. The van der Waals surface area contributed by atoms with Gasteiger partial charge >= 0.3 is 0 Å². The highest BCUT2D eigenvalue weighted by molar-refractivity contribution is 6.30. The predicted octanol–water partition coefficient (Wildman–Crippen LogP) is 4.27. The van der Waals surface area contributed by atoms with Crippen molar-refractivity contribution in [3.05, 3.63) is 75.3 Å². The van der Waals surface area contributed by atoms with E-state index in [1.165, 1.54) is 53.3 Å². The molecule has 0 spiro atoms. The van der Waals surface area contributed by atoms with E-state index in [-0.39, 0.29) is 28.8 Å². The molecule has 0 fully saturated rings. The van der Waals surface area contributed by atoms with Gasteiger partial charge in [-0.3, -0.25) is 14.9 Å². The van der Waals surface area contributed by atoms with Crippen LogP contribution >= 0.6 is 11.6 Å². The number of nitro benzene ring substituents is 1. The number of hydrogen-bond donors (Lipinski definition) is 1. The second kappa shape index (κ2) is 9.23. The fourth-order valence-electron chi connectivity index (χ4n) is 2.47. The summed E-state index contributed by atoms with van der Waals surface area (Å²) in [5.41, 5.74) is -0.260. The van der Waals surface area contributed by atoms with Crippen molar-refractivity contribution in [3.63, 3.8) is 0 Å². The van der Waals surface area contributed by atoms with Gasteiger partial charge in [-0.25, -0.2) is 9.07 Å². The molecule has 1 amide bonds. The van der Waals surface area contributed by atoms with Gasteiger partial charge in [0, 0.05) is 12.3 Å². The van der Waals surface area contributed by atoms with Gasteiger partial charge < -0.3 is 14.8 Å². The Morgan fingerprint density at radius 3 is 2.67 bits per heavy atom. The Morgan fingerprint density at radius 2 is 1.97 bits per heavy atom. The summed E-state index contributed by atoms with van der Waals surface area (Å²) < 4.78 is 25.2. The normalized spacial score (nSPS) is 10.5. The highest BCUT2D eigenvalue weighted by Gasteiger charge is 2.19. The summed E-state index contributed by atoms with van der Waals surface area (Å²) in [4.78, 5) is 23.1. The zero-order valence-corrected chi connectivity index (χ0v) is 16.4. The fourth-order valence-corrected chi connectivity index (χ4v) is 2.64. The van der Waals surface area contributed by atoms with Crippen LogP contribution in [0.2, 0.25) is 5.02 Å². The minimum atomic E-state index is -0.633. The van der Waals surface area contributed by atoms with Crippen LogP contribution in [0, 0.1) is 15.9 Å². The highest BCUT2D eigenvalue weighted by Crippen LogP contribution is 2.29. The van der Waals surface area contributed by atoms with Gasteiger partial charge in [-0.05, 0) is 37.3 Å². The van der Waals surface area contributed by atoms with Crippen molar-refractivity contribution in [2.75, 3.05) is 11.9 Å². The lowest BCUT2D eigenvalue weighted by molar-refractivity contribution is -0.384. The van der Waals surface area contributed by atoms with Crippen molar-refractivity contribution in [1.29, 1.82) is 0 Å². The van der Waals surface area contributed by atoms with Gasteiger partial charge in [-0.2, -0.15) is 5.10 Å². The van der Waals surface area contributed by atoms with E-state index in [9.17, 15) is 19.3 Å². The molecule has 0 aliphatic rings. The van der Waals surface area contributed by atoms with E-state index in [0.717, 1.165) is 0 Å². The van der Waals surface area contributed by atoms with Gasteiger partial charge in [0.1, 0.15) is 23.0 Å². The maximum Gasteiger partial charge on any atom is 0.296 e. The molecule has 3 aromatic rings. The maximum atomic E-state index is 13.2. The Labute approximate surface area is 175 Å². The minimum absolute atomic E-state index is 0.0141. The molecule has 0 atom stereocenters. The smallest absolute Gasteiger partial charge is 0.296 e. The molecule has 0 radical (unpaired) electrons. The summed E-state index contributed by atoms with van der Waals surface area (Å²) in [6.45, 7) is 2.05. The van der Waals surface area contributed by atoms with E-state index in [1.54, 1.807) is 6.92 Å². The van der Waals surface area contributed by atoms with Crippen LogP contribution in [0.1, 0.15) is 17.4 Å². The molecular formula is C19H16ClFN4O5. The number of aromatic nitrogens is 2. The summed E-state index contributed by atoms with van der Waals surface area (Å²) in [5.74, 6) is -0.547. The summed E-state index contributed by atoms with van der Waals surface area (Å²) in [6.07, 6.45) is 1.49. The van der Waals surface area contributed by atoms with E-state index >= 15 is 0 Å². The number of carbonyl (C=O) groups is 1. The second-order valence-corrected chi connectivity index (χ2v) is 6.32. The van der Waals surface area contributed by atoms with Gasteiger partial charge in [0.15, 0.2) is 12.4 Å². The Balaban J connectivity index is 1.67. The molecule has 11 heteroatoms. The van der Waals surface area contributed by atoms with Crippen LogP contribution < -0.4 is 14.8 Å². The Hall–Kier alpha value is -3.66. The third kappa shape index (κ3) is 5.03. The number of anilines is 1. The van der Waals surface area contributed by atoms with Gasteiger partial charge in [0.25, 0.3) is 11.6 Å². The molecule has 0 aliphatic heterocycles. The van der Waals surface area contributed by atoms with Crippen molar-refractivity contribution in [3.8, 4) is 11.5 Å². The molecule has 0 bridgehead atoms. The lowest BCUT2D eigenvalue weighted by Crippen LogP contribution is -2.15. The third-order valence-electron chi connectivity index (χ3n) is 3.85. The summed E-state index contributed by atoms with van der Waals surface area (Å²) in [7, 11) is 0. The topological polar surface area (TPSA) is 109 Å². The first-order chi connectivity index (χ1) is 14.4. The molecule has 3 rings (SSSR count). The monoisotopic (exact) mass is 434 g/mol. The van der Waals surface area contributed by atoms with E-state index in [4.69, 9.17) is 21.1 Å². The van der Waals surface area contributed by atoms with Gasteiger partial charge in [0.2, 0.25) is 0 Å². The molecule has 1 aromatic heterocycles. The number of rotatable bonds is 8. The SMILES string of the molecule is CCOc1ccc(NC(=O)c2ccn(COc3ccc(F)c(Cl)c3)n2)c([N+](=O)[O-])c1. The number of hydrogen-bond acceptors (Lipinski definition) is 6. The second-order valence-electron chi connectivity index (χ2n) is 5.91. The molecule has 0 aliphatic carbocycles. The van der Waals surface area contributed by atoms with Crippen LogP contribution in [0.3, 0.4) is 0 Å². The number of halogens is 2. The molecule has 0 saturated heterocycles. The number of benzene rings is 2. The first-order valence-corrected chi connectivity index (χ1v) is 9.09. The molecular weight excluding hydrogens is 419 g/mol. The largest absolute Gasteiger partial charge is 0.494 e. The number of nitrogens with one attached hydrogen (secondary N) is 1. The van der Waals surface area contributed by atoms with Crippen molar-refractivity contribution in [2.45, 2.75) is 13.7 Å². The van der Waals surface area contributed by atoms with E-state index in [0.29, 0.717) is 18.1 Å². The predicted molar refractivity (Wildman–Crippen MR) is 106 cm³/mol. The highest BCUT2D eigenvalue weighted by atomic mass is 35.5. The van der Waals surface area contributed by atoms with Crippen LogP contribution in [-0.2, 0) is 6.73 Å². The number of nitro groups is 1. The van der Waals surface area contributed by atoms with Gasteiger partial charge in [-0.1, -0.05) is 11.6 Å². The summed E-state index contributed by atoms with van der Waals surface area (Å²) in [6, 6.07) is 9.47. The van der Waals surface area contributed by atoms with Crippen LogP contribution in [-0.4, -0.2) is 27.2 Å². The zero-order valence-electron chi connectivity index (χ0n) is 15.7. The Kier molecular flexibility index (Phi) is 6.48.